The first-order valence-electron chi connectivity index (χ1n) is 8.10. The van der Waals surface area contributed by atoms with Gasteiger partial charge in [-0.1, -0.05) is 30.9 Å². The van der Waals surface area contributed by atoms with E-state index in [2.05, 4.69) is 11.4 Å². The van der Waals surface area contributed by atoms with Gasteiger partial charge in [-0.2, -0.15) is 5.26 Å². The first kappa shape index (κ1) is 19.4. The van der Waals surface area contributed by atoms with Crippen LogP contribution in [0.5, 0.6) is 0 Å². The standard InChI is InChI=1S/C17H19ClN2O4S/c18-14-6-5-13(25-14)12(21)4-7-16(23)24-10-15(22)20-17(11-19)8-2-1-3-9-17/h5-6H,1-4,7-10H2,(H,20,22). The minimum Gasteiger partial charge on any atom is -0.456 e. The summed E-state index contributed by atoms with van der Waals surface area (Å²) in [4.78, 5) is 36.0. The van der Waals surface area contributed by atoms with Crippen LogP contribution in [0.25, 0.3) is 0 Å². The fourth-order valence-corrected chi connectivity index (χ4v) is 3.75. The van der Waals surface area contributed by atoms with Crippen molar-refractivity contribution in [2.24, 2.45) is 0 Å². The van der Waals surface area contributed by atoms with Crippen molar-refractivity contribution in [3.63, 3.8) is 0 Å². The fourth-order valence-electron chi connectivity index (χ4n) is 2.74. The lowest BCUT2D eigenvalue weighted by Crippen LogP contribution is -2.50. The normalized spacial score (nSPS) is 15.8. The van der Waals surface area contributed by atoms with E-state index in [4.69, 9.17) is 16.3 Å². The summed E-state index contributed by atoms with van der Waals surface area (Å²) in [6.45, 7) is -0.443. The Bertz CT molecular complexity index is 689. The van der Waals surface area contributed by atoms with Gasteiger partial charge < -0.3 is 10.1 Å². The minimum atomic E-state index is -0.851. The second kappa shape index (κ2) is 8.97. The number of ether oxygens (including phenoxy) is 1. The van der Waals surface area contributed by atoms with Crippen LogP contribution in [0.1, 0.15) is 54.6 Å². The highest BCUT2D eigenvalue weighted by atomic mass is 35.5. The minimum absolute atomic E-state index is 0.000568. The number of carbonyl (C=O) groups excluding carboxylic acids is 3. The van der Waals surface area contributed by atoms with Gasteiger partial charge in [0.05, 0.1) is 21.7 Å². The van der Waals surface area contributed by atoms with Gasteiger partial charge in [0, 0.05) is 6.42 Å². The average molecular weight is 383 g/mol. The molecule has 1 aromatic heterocycles. The smallest absolute Gasteiger partial charge is 0.306 e. The van der Waals surface area contributed by atoms with E-state index in [1.807, 2.05) is 0 Å². The van der Waals surface area contributed by atoms with Gasteiger partial charge in [-0.3, -0.25) is 14.4 Å². The molecule has 1 aliphatic rings. The quantitative estimate of drug-likeness (QED) is 0.576. The van der Waals surface area contributed by atoms with Crippen LogP contribution < -0.4 is 5.32 Å². The molecule has 1 saturated carbocycles. The number of hydrogen-bond acceptors (Lipinski definition) is 6. The molecule has 0 atom stereocenters. The summed E-state index contributed by atoms with van der Waals surface area (Å²) in [5, 5.41) is 12.0. The van der Waals surface area contributed by atoms with E-state index >= 15 is 0 Å². The second-order valence-corrected chi connectivity index (χ2v) is 7.71. The van der Waals surface area contributed by atoms with Gasteiger partial charge in [0.15, 0.2) is 12.4 Å². The predicted molar refractivity (Wildman–Crippen MR) is 93.4 cm³/mol. The molecule has 134 valence electrons. The molecule has 1 amide bonds. The van der Waals surface area contributed by atoms with Gasteiger partial charge in [0.1, 0.15) is 5.54 Å². The molecule has 8 heteroatoms. The molecule has 2 rings (SSSR count). The molecule has 0 unspecified atom stereocenters. The third-order valence-electron chi connectivity index (χ3n) is 4.07. The second-order valence-electron chi connectivity index (χ2n) is 5.99. The maximum atomic E-state index is 11.9. The summed E-state index contributed by atoms with van der Waals surface area (Å²) in [5.41, 5.74) is -0.851. The van der Waals surface area contributed by atoms with Crippen molar-refractivity contribution in [1.82, 2.24) is 5.32 Å². The monoisotopic (exact) mass is 382 g/mol. The number of esters is 1. The number of ketones is 1. The number of thiophene rings is 1. The van der Waals surface area contributed by atoms with Crippen molar-refractivity contribution in [3.05, 3.63) is 21.3 Å². The lowest BCUT2D eigenvalue weighted by molar-refractivity contribution is -0.148. The van der Waals surface area contributed by atoms with Gasteiger partial charge in [0.25, 0.3) is 5.91 Å². The van der Waals surface area contributed by atoms with Crippen molar-refractivity contribution < 1.29 is 19.1 Å². The molecule has 6 nitrogen and oxygen atoms in total. The van der Waals surface area contributed by atoms with E-state index in [1.165, 1.54) is 0 Å². The zero-order valence-electron chi connectivity index (χ0n) is 13.7. The van der Waals surface area contributed by atoms with E-state index in [1.54, 1.807) is 12.1 Å². The molecule has 0 saturated heterocycles. The fraction of sp³-hybridized carbons (Fsp3) is 0.529. The van der Waals surface area contributed by atoms with Crippen LogP contribution >= 0.6 is 22.9 Å². The van der Waals surface area contributed by atoms with Gasteiger partial charge in [-0.05, 0) is 25.0 Å². The molecule has 0 aliphatic heterocycles. The predicted octanol–water partition coefficient (Wildman–Crippen LogP) is 3.25. The Morgan fingerprint density at radius 2 is 1.96 bits per heavy atom. The number of carbonyl (C=O) groups is 3. The number of nitriles is 1. The summed E-state index contributed by atoms with van der Waals surface area (Å²) < 4.78 is 5.40. The third-order valence-corrected chi connectivity index (χ3v) is 5.34. The van der Waals surface area contributed by atoms with Crippen LogP contribution in [0.4, 0.5) is 0 Å². The Balaban J connectivity index is 1.71. The molecular formula is C17H19ClN2O4S. The Labute approximate surface area is 155 Å². The number of rotatable bonds is 7. The summed E-state index contributed by atoms with van der Waals surface area (Å²) in [6, 6.07) is 5.40. The zero-order chi connectivity index (χ0) is 18.3. The van der Waals surface area contributed by atoms with Crippen LogP contribution in [0, 0.1) is 11.3 Å². The largest absolute Gasteiger partial charge is 0.456 e. The number of nitrogens with zero attached hydrogens (tertiary/aromatic N) is 1. The molecule has 25 heavy (non-hydrogen) atoms. The van der Waals surface area contributed by atoms with Crippen LogP contribution in [-0.2, 0) is 14.3 Å². The molecule has 1 fully saturated rings. The zero-order valence-corrected chi connectivity index (χ0v) is 15.3. The van der Waals surface area contributed by atoms with Crippen molar-refractivity contribution >= 4 is 40.6 Å². The number of amides is 1. The molecule has 0 spiro atoms. The molecule has 0 aromatic carbocycles. The number of Topliss-reactive ketones (excluding diaryl/α,β-unsaturated/α-hetero) is 1. The average Bonchev–Trinajstić information content (AvgIpc) is 3.05. The van der Waals surface area contributed by atoms with Gasteiger partial charge in [-0.25, -0.2) is 0 Å². The molecule has 0 bridgehead atoms. The van der Waals surface area contributed by atoms with Crippen molar-refractivity contribution in [2.75, 3.05) is 6.61 Å². The summed E-state index contributed by atoms with van der Waals surface area (Å²) >= 11 is 6.92. The first-order valence-corrected chi connectivity index (χ1v) is 9.30. The molecule has 1 heterocycles. The molecule has 1 aliphatic carbocycles. The first-order chi connectivity index (χ1) is 11.9. The maximum absolute atomic E-state index is 11.9. The van der Waals surface area contributed by atoms with E-state index in [9.17, 15) is 19.6 Å². The Kier molecular flexibility index (Phi) is 6.97. The molecule has 0 radical (unpaired) electrons. The van der Waals surface area contributed by atoms with Gasteiger partial charge in [-0.15, -0.1) is 11.3 Å². The topological polar surface area (TPSA) is 96.3 Å². The van der Waals surface area contributed by atoms with E-state index in [0.717, 1.165) is 30.6 Å². The number of halogens is 1. The summed E-state index contributed by atoms with van der Waals surface area (Å²) in [6.07, 6.45) is 3.95. The lowest BCUT2D eigenvalue weighted by Gasteiger charge is -2.31. The van der Waals surface area contributed by atoms with Gasteiger partial charge in [0.2, 0.25) is 0 Å². The van der Waals surface area contributed by atoms with Crippen molar-refractivity contribution in [3.8, 4) is 6.07 Å². The highest BCUT2D eigenvalue weighted by molar-refractivity contribution is 7.18. The Hall–Kier alpha value is -1.91. The van der Waals surface area contributed by atoms with Crippen molar-refractivity contribution in [1.29, 1.82) is 5.26 Å². The number of hydrogen-bond donors (Lipinski definition) is 1. The maximum Gasteiger partial charge on any atom is 0.306 e. The van der Waals surface area contributed by atoms with E-state index in [-0.39, 0.29) is 18.6 Å². The van der Waals surface area contributed by atoms with Crippen LogP contribution in [0.3, 0.4) is 0 Å². The highest BCUT2D eigenvalue weighted by Crippen LogP contribution is 2.27. The SMILES string of the molecule is N#CC1(NC(=O)COC(=O)CCC(=O)c2ccc(Cl)s2)CCCCC1. The molecule has 1 aromatic rings. The van der Waals surface area contributed by atoms with Gasteiger partial charge >= 0.3 is 5.97 Å². The molecule has 1 N–H and O–H groups in total. The van der Waals surface area contributed by atoms with Crippen LogP contribution in [0.15, 0.2) is 12.1 Å². The van der Waals surface area contributed by atoms with Crippen LogP contribution in [-0.4, -0.2) is 29.8 Å². The van der Waals surface area contributed by atoms with Crippen LogP contribution in [0.2, 0.25) is 4.34 Å². The van der Waals surface area contributed by atoms with E-state index < -0.39 is 24.0 Å². The number of nitrogens with one attached hydrogen (secondary N) is 1. The van der Waals surface area contributed by atoms with Crippen molar-refractivity contribution in [2.45, 2.75) is 50.5 Å². The molecular weight excluding hydrogens is 364 g/mol. The summed E-state index contributed by atoms with van der Waals surface area (Å²) in [5.74, 6) is -1.31. The Morgan fingerprint density at radius 3 is 2.56 bits per heavy atom. The summed E-state index contributed by atoms with van der Waals surface area (Å²) in [7, 11) is 0. The third kappa shape index (κ3) is 5.83. The lowest BCUT2D eigenvalue weighted by atomic mass is 9.83. The Morgan fingerprint density at radius 1 is 1.24 bits per heavy atom. The van der Waals surface area contributed by atoms with E-state index in [0.29, 0.717) is 22.1 Å². The highest BCUT2D eigenvalue weighted by Gasteiger charge is 2.33.